The second-order valence-electron chi connectivity index (χ2n) is 14.1. The summed E-state index contributed by atoms with van der Waals surface area (Å²) in [4.78, 5) is 2.40. The molecule has 0 N–H and O–H groups in total. The van der Waals surface area contributed by atoms with Crippen LogP contribution < -0.4 is 4.90 Å². The minimum atomic E-state index is -0.135. The number of furan rings is 1. The average molecular weight is 654 g/mol. The lowest BCUT2D eigenvalue weighted by Crippen LogP contribution is -2.16. The molecule has 1 heterocycles. The maximum absolute atomic E-state index is 6.94. The second-order valence-corrected chi connectivity index (χ2v) is 14.1. The van der Waals surface area contributed by atoms with E-state index in [2.05, 4.69) is 195 Å². The van der Waals surface area contributed by atoms with Crippen molar-refractivity contribution >= 4 is 49.8 Å². The monoisotopic (exact) mass is 653 g/mol. The highest BCUT2D eigenvalue weighted by Crippen LogP contribution is 2.52. The zero-order valence-electron chi connectivity index (χ0n) is 28.6. The second kappa shape index (κ2) is 11.3. The number of hydrogen-bond acceptors (Lipinski definition) is 2. The topological polar surface area (TPSA) is 16.4 Å². The zero-order chi connectivity index (χ0) is 34.1. The molecule has 10 rings (SSSR count). The molecule has 0 unspecified atom stereocenters. The van der Waals surface area contributed by atoms with Gasteiger partial charge in [0.05, 0.1) is 5.69 Å². The molecule has 1 aromatic heterocycles. The van der Waals surface area contributed by atoms with Crippen LogP contribution in [0.3, 0.4) is 0 Å². The number of anilines is 3. The van der Waals surface area contributed by atoms with Crippen LogP contribution in [0.25, 0.3) is 66.1 Å². The van der Waals surface area contributed by atoms with Crippen LogP contribution in [-0.2, 0) is 5.41 Å². The maximum Gasteiger partial charge on any atom is 0.159 e. The molecule has 1 aliphatic carbocycles. The number of hydrogen-bond donors (Lipinski definition) is 0. The van der Waals surface area contributed by atoms with Gasteiger partial charge in [-0.2, -0.15) is 0 Å². The molecular formula is C49H35NO. The smallest absolute Gasteiger partial charge is 0.159 e. The fraction of sp³-hybridized carbons (Fsp3) is 0.0612. The Morgan fingerprint density at radius 3 is 1.86 bits per heavy atom. The molecule has 0 aliphatic heterocycles. The summed E-state index contributed by atoms with van der Waals surface area (Å²) in [5, 5.41) is 4.65. The Labute approximate surface area is 297 Å². The van der Waals surface area contributed by atoms with Crippen molar-refractivity contribution in [1.82, 2.24) is 0 Å². The first-order chi connectivity index (χ1) is 25.0. The first kappa shape index (κ1) is 29.5. The van der Waals surface area contributed by atoms with Gasteiger partial charge in [0.15, 0.2) is 5.58 Å². The first-order valence-electron chi connectivity index (χ1n) is 17.7. The lowest BCUT2D eigenvalue weighted by molar-refractivity contribution is 0.660. The van der Waals surface area contributed by atoms with Gasteiger partial charge in [0, 0.05) is 27.6 Å². The van der Waals surface area contributed by atoms with Crippen LogP contribution in [0.15, 0.2) is 180 Å². The highest BCUT2D eigenvalue weighted by Gasteiger charge is 2.36. The number of benzene rings is 8. The van der Waals surface area contributed by atoms with Crippen molar-refractivity contribution in [3.8, 4) is 33.4 Å². The molecule has 1 aliphatic rings. The normalized spacial score (nSPS) is 13.1. The van der Waals surface area contributed by atoms with E-state index < -0.39 is 0 Å². The quantitative estimate of drug-likeness (QED) is 0.184. The van der Waals surface area contributed by atoms with E-state index in [4.69, 9.17) is 4.42 Å². The molecule has 2 nitrogen and oxygen atoms in total. The summed E-state index contributed by atoms with van der Waals surface area (Å²) in [6.07, 6.45) is 0. The first-order valence-corrected chi connectivity index (χ1v) is 17.7. The van der Waals surface area contributed by atoms with Gasteiger partial charge in [0.2, 0.25) is 0 Å². The van der Waals surface area contributed by atoms with Crippen molar-refractivity contribution in [2.45, 2.75) is 19.3 Å². The summed E-state index contributed by atoms with van der Waals surface area (Å²) in [5.74, 6) is 0. The minimum absolute atomic E-state index is 0.135. The standard InChI is InChI=1S/C49H35NO/c1-49(2)43-20-12-11-19-40(43)41-27-26-38(31-44(41)49)50(37-24-21-34(22-25-37)32-13-5-3-6-14-32)45-30-36(33-15-7-4-8-16-33)29-42-47-39-18-10-9-17-35(39)23-28-46(47)51-48(42)45/h3-31H,1-2H3. The van der Waals surface area contributed by atoms with E-state index in [0.717, 1.165) is 44.6 Å². The van der Waals surface area contributed by atoms with Gasteiger partial charge in [0.1, 0.15) is 5.58 Å². The van der Waals surface area contributed by atoms with Crippen LogP contribution in [0.1, 0.15) is 25.0 Å². The molecule has 0 radical (unpaired) electrons. The largest absolute Gasteiger partial charge is 0.454 e. The predicted molar refractivity (Wildman–Crippen MR) is 214 cm³/mol. The van der Waals surface area contributed by atoms with Crippen molar-refractivity contribution in [3.63, 3.8) is 0 Å². The highest BCUT2D eigenvalue weighted by atomic mass is 16.3. The van der Waals surface area contributed by atoms with Crippen LogP contribution in [0, 0.1) is 0 Å². The number of nitrogens with zero attached hydrogens (tertiary/aromatic N) is 1. The van der Waals surface area contributed by atoms with Crippen LogP contribution in [0.2, 0.25) is 0 Å². The van der Waals surface area contributed by atoms with Gasteiger partial charge in [-0.05, 0) is 97.7 Å². The summed E-state index contributed by atoms with van der Waals surface area (Å²) in [5.41, 5.74) is 14.8. The van der Waals surface area contributed by atoms with Crippen LogP contribution in [-0.4, -0.2) is 0 Å². The van der Waals surface area contributed by atoms with E-state index in [9.17, 15) is 0 Å². The van der Waals surface area contributed by atoms with E-state index in [1.807, 2.05) is 0 Å². The molecule has 242 valence electrons. The fourth-order valence-electron chi connectivity index (χ4n) is 8.29. The van der Waals surface area contributed by atoms with Crippen molar-refractivity contribution in [2.75, 3.05) is 4.90 Å². The molecule has 0 saturated carbocycles. The van der Waals surface area contributed by atoms with Crippen LogP contribution >= 0.6 is 0 Å². The third-order valence-electron chi connectivity index (χ3n) is 10.8. The van der Waals surface area contributed by atoms with Crippen molar-refractivity contribution in [1.29, 1.82) is 0 Å². The molecule has 0 fully saturated rings. The third-order valence-corrected chi connectivity index (χ3v) is 10.8. The van der Waals surface area contributed by atoms with Gasteiger partial charge >= 0.3 is 0 Å². The minimum Gasteiger partial charge on any atom is -0.454 e. The SMILES string of the molecule is CC1(C)c2ccccc2-c2ccc(N(c3ccc(-c4ccccc4)cc3)c3cc(-c4ccccc4)cc4c3oc3ccc5ccccc5c34)cc21. The maximum atomic E-state index is 6.94. The molecule has 0 saturated heterocycles. The summed E-state index contributed by atoms with van der Waals surface area (Å²) in [7, 11) is 0. The van der Waals surface area contributed by atoms with Crippen molar-refractivity contribution < 1.29 is 4.42 Å². The van der Waals surface area contributed by atoms with E-state index in [-0.39, 0.29) is 5.41 Å². The molecule has 51 heavy (non-hydrogen) atoms. The molecule has 9 aromatic rings. The summed E-state index contributed by atoms with van der Waals surface area (Å²) < 4.78 is 6.94. The summed E-state index contributed by atoms with van der Waals surface area (Å²) in [6, 6.07) is 63.6. The van der Waals surface area contributed by atoms with E-state index in [1.165, 1.54) is 49.7 Å². The van der Waals surface area contributed by atoms with Gasteiger partial charge in [0.25, 0.3) is 0 Å². The fourth-order valence-corrected chi connectivity index (χ4v) is 8.29. The van der Waals surface area contributed by atoms with Crippen molar-refractivity contribution in [3.05, 3.63) is 187 Å². The Morgan fingerprint density at radius 1 is 0.451 bits per heavy atom. The average Bonchev–Trinajstić information content (AvgIpc) is 3.68. The Hall–Kier alpha value is -6.38. The van der Waals surface area contributed by atoms with Crippen molar-refractivity contribution in [2.24, 2.45) is 0 Å². The van der Waals surface area contributed by atoms with Gasteiger partial charge in [-0.1, -0.05) is 147 Å². The lowest BCUT2D eigenvalue weighted by atomic mass is 9.82. The number of rotatable bonds is 5. The number of fused-ring (bicyclic) bond motifs is 8. The summed E-state index contributed by atoms with van der Waals surface area (Å²) in [6.45, 7) is 4.69. The highest BCUT2D eigenvalue weighted by molar-refractivity contribution is 6.21. The molecule has 8 aromatic carbocycles. The predicted octanol–water partition coefficient (Wildman–Crippen LogP) is 13.8. The van der Waals surface area contributed by atoms with Crippen LogP contribution in [0.5, 0.6) is 0 Å². The Bertz CT molecular complexity index is 2760. The molecule has 0 bridgehead atoms. The van der Waals surface area contributed by atoms with Gasteiger partial charge in [-0.15, -0.1) is 0 Å². The molecule has 0 amide bonds. The summed E-state index contributed by atoms with van der Waals surface area (Å²) >= 11 is 0. The van der Waals surface area contributed by atoms with E-state index in [1.54, 1.807) is 0 Å². The zero-order valence-corrected chi connectivity index (χ0v) is 28.6. The van der Waals surface area contributed by atoms with E-state index >= 15 is 0 Å². The molecular weight excluding hydrogens is 619 g/mol. The third kappa shape index (κ3) is 4.64. The Kier molecular flexibility index (Phi) is 6.56. The van der Waals surface area contributed by atoms with Gasteiger partial charge < -0.3 is 9.32 Å². The van der Waals surface area contributed by atoms with Gasteiger partial charge in [-0.25, -0.2) is 0 Å². The lowest BCUT2D eigenvalue weighted by Gasteiger charge is -2.28. The Morgan fingerprint density at radius 2 is 1.08 bits per heavy atom. The van der Waals surface area contributed by atoms with E-state index in [0.29, 0.717) is 0 Å². The van der Waals surface area contributed by atoms with Gasteiger partial charge in [-0.3, -0.25) is 0 Å². The Balaban J connectivity index is 1.27. The molecule has 0 atom stereocenters. The molecule has 2 heteroatoms. The molecule has 0 spiro atoms. The van der Waals surface area contributed by atoms with Crippen LogP contribution in [0.4, 0.5) is 17.1 Å².